The minimum Gasteiger partial charge on any atom is -0.494 e. The molecule has 0 bridgehead atoms. The molecule has 0 aliphatic heterocycles. The van der Waals surface area contributed by atoms with Crippen molar-refractivity contribution in [2.75, 3.05) is 7.11 Å². The molecule has 1 atom stereocenters. The van der Waals surface area contributed by atoms with Crippen molar-refractivity contribution in [2.45, 2.75) is 12.5 Å². The molecular weight excluding hydrogens is 330 g/mol. The van der Waals surface area contributed by atoms with Gasteiger partial charge in [-0.2, -0.15) is 0 Å². The van der Waals surface area contributed by atoms with Gasteiger partial charge in [0.05, 0.1) is 13.2 Å². The van der Waals surface area contributed by atoms with Gasteiger partial charge in [0.2, 0.25) is 0 Å². The quantitative estimate of drug-likeness (QED) is 0.909. The SMILES string of the molecule is COc1cc(C(O)Cc2cc(F)cc(Br)c2)ccc1F. The molecule has 0 aliphatic carbocycles. The monoisotopic (exact) mass is 342 g/mol. The first-order chi connectivity index (χ1) is 9.49. The van der Waals surface area contributed by atoms with Crippen LogP contribution in [0.4, 0.5) is 8.78 Å². The van der Waals surface area contributed by atoms with Gasteiger partial charge in [-0.05, 0) is 41.5 Å². The van der Waals surface area contributed by atoms with Crippen molar-refractivity contribution in [1.29, 1.82) is 0 Å². The summed E-state index contributed by atoms with van der Waals surface area (Å²) in [5, 5.41) is 10.2. The predicted octanol–water partition coefficient (Wildman–Crippen LogP) is 4.01. The Bertz CT molecular complexity index is 597. The van der Waals surface area contributed by atoms with Crippen molar-refractivity contribution < 1.29 is 18.6 Å². The van der Waals surface area contributed by atoms with Gasteiger partial charge in [0, 0.05) is 10.9 Å². The minimum atomic E-state index is -0.863. The van der Waals surface area contributed by atoms with E-state index in [4.69, 9.17) is 4.74 Å². The molecule has 1 N–H and O–H groups in total. The fourth-order valence-corrected chi connectivity index (χ4v) is 2.47. The number of hydrogen-bond acceptors (Lipinski definition) is 2. The highest BCUT2D eigenvalue weighted by Gasteiger charge is 2.13. The van der Waals surface area contributed by atoms with E-state index in [2.05, 4.69) is 15.9 Å². The van der Waals surface area contributed by atoms with Crippen molar-refractivity contribution in [3.05, 3.63) is 63.6 Å². The first kappa shape index (κ1) is 14.9. The van der Waals surface area contributed by atoms with Crippen LogP contribution in [0.2, 0.25) is 0 Å². The van der Waals surface area contributed by atoms with Gasteiger partial charge in [0.15, 0.2) is 11.6 Å². The molecular formula is C15H13BrF2O2. The van der Waals surface area contributed by atoms with Crippen LogP contribution in [-0.2, 0) is 6.42 Å². The van der Waals surface area contributed by atoms with Gasteiger partial charge in [-0.1, -0.05) is 22.0 Å². The van der Waals surface area contributed by atoms with Crippen molar-refractivity contribution in [1.82, 2.24) is 0 Å². The first-order valence-corrected chi connectivity index (χ1v) is 6.75. The molecule has 20 heavy (non-hydrogen) atoms. The summed E-state index contributed by atoms with van der Waals surface area (Å²) in [4.78, 5) is 0. The van der Waals surface area contributed by atoms with Crippen LogP contribution in [0, 0.1) is 11.6 Å². The molecule has 2 aromatic rings. The van der Waals surface area contributed by atoms with E-state index in [1.165, 1.54) is 37.4 Å². The third-order valence-corrected chi connectivity index (χ3v) is 3.37. The van der Waals surface area contributed by atoms with Gasteiger partial charge in [-0.15, -0.1) is 0 Å². The topological polar surface area (TPSA) is 29.5 Å². The lowest BCUT2D eigenvalue weighted by molar-refractivity contribution is 0.177. The lowest BCUT2D eigenvalue weighted by atomic mass is 10.0. The van der Waals surface area contributed by atoms with E-state index in [-0.39, 0.29) is 18.0 Å². The predicted molar refractivity (Wildman–Crippen MR) is 75.7 cm³/mol. The molecule has 106 valence electrons. The largest absolute Gasteiger partial charge is 0.494 e. The fourth-order valence-electron chi connectivity index (χ4n) is 1.95. The Labute approximate surface area is 124 Å². The highest BCUT2D eigenvalue weighted by atomic mass is 79.9. The van der Waals surface area contributed by atoms with Gasteiger partial charge in [-0.25, -0.2) is 8.78 Å². The maximum atomic E-state index is 13.3. The number of rotatable bonds is 4. The molecule has 2 aromatic carbocycles. The number of aliphatic hydroxyl groups excluding tert-OH is 1. The van der Waals surface area contributed by atoms with E-state index < -0.39 is 11.9 Å². The van der Waals surface area contributed by atoms with Crippen LogP contribution in [0.1, 0.15) is 17.2 Å². The van der Waals surface area contributed by atoms with Crippen LogP contribution in [0.25, 0.3) is 0 Å². The zero-order valence-electron chi connectivity index (χ0n) is 10.7. The third-order valence-electron chi connectivity index (χ3n) is 2.91. The molecule has 0 radical (unpaired) electrons. The Kier molecular flexibility index (Phi) is 4.73. The second-order valence-electron chi connectivity index (χ2n) is 4.39. The van der Waals surface area contributed by atoms with Crippen LogP contribution in [0.5, 0.6) is 5.75 Å². The molecule has 5 heteroatoms. The summed E-state index contributed by atoms with van der Waals surface area (Å²) in [6, 6.07) is 8.59. The minimum absolute atomic E-state index is 0.0713. The fraction of sp³-hybridized carbons (Fsp3) is 0.200. The second-order valence-corrected chi connectivity index (χ2v) is 5.31. The molecule has 0 heterocycles. The normalized spacial score (nSPS) is 12.2. The van der Waals surface area contributed by atoms with Gasteiger partial charge < -0.3 is 9.84 Å². The summed E-state index contributed by atoms with van der Waals surface area (Å²) in [5.74, 6) is -0.794. The number of hydrogen-bond donors (Lipinski definition) is 1. The summed E-state index contributed by atoms with van der Waals surface area (Å²) >= 11 is 3.20. The summed E-state index contributed by atoms with van der Waals surface area (Å²) in [6.45, 7) is 0. The average Bonchev–Trinajstić information content (AvgIpc) is 2.37. The number of benzene rings is 2. The zero-order chi connectivity index (χ0) is 14.7. The van der Waals surface area contributed by atoms with Gasteiger partial charge in [0.25, 0.3) is 0 Å². The summed E-state index contributed by atoms with van der Waals surface area (Å²) in [6.07, 6.45) is -0.635. The van der Waals surface area contributed by atoms with Crippen molar-refractivity contribution in [3.8, 4) is 5.75 Å². The molecule has 0 aromatic heterocycles. The van der Waals surface area contributed by atoms with Crippen LogP contribution in [0.3, 0.4) is 0 Å². The first-order valence-electron chi connectivity index (χ1n) is 5.96. The Morgan fingerprint density at radius 2 is 1.95 bits per heavy atom. The van der Waals surface area contributed by atoms with Crippen molar-refractivity contribution >= 4 is 15.9 Å². The summed E-state index contributed by atoms with van der Waals surface area (Å²) < 4.78 is 32.1. The molecule has 2 rings (SSSR count). The molecule has 2 nitrogen and oxygen atoms in total. The van der Waals surface area contributed by atoms with Crippen LogP contribution in [-0.4, -0.2) is 12.2 Å². The highest BCUT2D eigenvalue weighted by molar-refractivity contribution is 9.10. The molecule has 1 unspecified atom stereocenters. The molecule has 0 fully saturated rings. The Hall–Kier alpha value is -1.46. The molecule has 0 saturated carbocycles. The standard InChI is InChI=1S/C15H13BrF2O2/c1-20-15-7-10(2-3-13(15)18)14(19)6-9-4-11(16)8-12(17)5-9/h2-5,7-8,14,19H,6H2,1H3. The van der Waals surface area contributed by atoms with E-state index >= 15 is 0 Å². The summed E-state index contributed by atoms with van der Waals surface area (Å²) in [7, 11) is 1.36. The van der Waals surface area contributed by atoms with Gasteiger partial charge in [0.1, 0.15) is 5.82 Å². The van der Waals surface area contributed by atoms with Crippen LogP contribution in [0.15, 0.2) is 40.9 Å². The van der Waals surface area contributed by atoms with Crippen LogP contribution < -0.4 is 4.74 Å². The maximum Gasteiger partial charge on any atom is 0.165 e. The van der Waals surface area contributed by atoms with Crippen LogP contribution >= 0.6 is 15.9 Å². The van der Waals surface area contributed by atoms with E-state index in [9.17, 15) is 13.9 Å². The number of aliphatic hydroxyl groups is 1. The van der Waals surface area contributed by atoms with Gasteiger partial charge in [-0.3, -0.25) is 0 Å². The number of methoxy groups -OCH3 is 1. The molecule has 0 saturated heterocycles. The summed E-state index contributed by atoms with van der Waals surface area (Å²) in [5.41, 5.74) is 1.16. The second kappa shape index (κ2) is 6.33. The van der Waals surface area contributed by atoms with Gasteiger partial charge >= 0.3 is 0 Å². The van der Waals surface area contributed by atoms with E-state index in [1.807, 2.05) is 0 Å². The van der Waals surface area contributed by atoms with E-state index in [1.54, 1.807) is 6.07 Å². The van der Waals surface area contributed by atoms with Crippen molar-refractivity contribution in [3.63, 3.8) is 0 Å². The third kappa shape index (κ3) is 3.55. The zero-order valence-corrected chi connectivity index (χ0v) is 12.3. The Morgan fingerprint density at radius 3 is 2.60 bits per heavy atom. The Morgan fingerprint density at radius 1 is 1.20 bits per heavy atom. The van der Waals surface area contributed by atoms with E-state index in [0.717, 1.165) is 0 Å². The number of ether oxygens (including phenoxy) is 1. The lowest BCUT2D eigenvalue weighted by Crippen LogP contribution is -2.03. The average molecular weight is 343 g/mol. The lowest BCUT2D eigenvalue weighted by Gasteiger charge is -2.13. The molecule has 0 aliphatic rings. The maximum absolute atomic E-state index is 13.3. The highest BCUT2D eigenvalue weighted by Crippen LogP contribution is 2.26. The van der Waals surface area contributed by atoms with E-state index in [0.29, 0.717) is 15.6 Å². The Balaban J connectivity index is 2.21. The van der Waals surface area contributed by atoms with Crippen molar-refractivity contribution in [2.24, 2.45) is 0 Å². The number of halogens is 3. The molecule has 0 spiro atoms. The molecule has 0 amide bonds. The smallest absolute Gasteiger partial charge is 0.165 e.